The van der Waals surface area contributed by atoms with E-state index in [1.807, 2.05) is 36.7 Å². The fourth-order valence-electron chi connectivity index (χ4n) is 2.81. The number of alkyl halides is 2. The summed E-state index contributed by atoms with van der Waals surface area (Å²) in [6.45, 7) is 2.10. The van der Waals surface area contributed by atoms with Crippen LogP contribution in [-0.4, -0.2) is 16.4 Å². The molecular formula is C24H20F4N2O. The lowest BCUT2D eigenvalue weighted by molar-refractivity contribution is 0.200. The van der Waals surface area contributed by atoms with E-state index < -0.39 is 23.8 Å². The number of ether oxygens (including phenoxy) is 1. The van der Waals surface area contributed by atoms with E-state index >= 15 is 0 Å². The van der Waals surface area contributed by atoms with Crippen LogP contribution in [0.5, 0.6) is 5.75 Å². The molecule has 3 nitrogen and oxygen atoms in total. The Morgan fingerprint density at radius 1 is 0.935 bits per heavy atom. The van der Waals surface area contributed by atoms with E-state index in [9.17, 15) is 17.6 Å². The Hall–Kier alpha value is -3.48. The molecule has 3 aromatic rings. The maximum atomic E-state index is 14.0. The van der Waals surface area contributed by atoms with E-state index in [1.165, 1.54) is 6.08 Å². The Morgan fingerprint density at radius 3 is 2.13 bits per heavy atom. The molecule has 0 aliphatic carbocycles. The molecule has 0 spiro atoms. The van der Waals surface area contributed by atoms with Gasteiger partial charge in [-0.3, -0.25) is 0 Å². The van der Waals surface area contributed by atoms with Crippen LogP contribution >= 0.6 is 0 Å². The van der Waals surface area contributed by atoms with Gasteiger partial charge in [0.1, 0.15) is 0 Å². The summed E-state index contributed by atoms with van der Waals surface area (Å²) in [4.78, 5) is 8.76. The number of hydrogen-bond acceptors (Lipinski definition) is 3. The zero-order valence-electron chi connectivity index (χ0n) is 16.7. The normalized spacial score (nSPS) is 11.7. The van der Waals surface area contributed by atoms with Gasteiger partial charge in [0.05, 0.1) is 6.26 Å². The van der Waals surface area contributed by atoms with Crippen LogP contribution in [0.4, 0.5) is 17.6 Å². The van der Waals surface area contributed by atoms with Crippen LogP contribution in [0.3, 0.4) is 0 Å². The van der Waals surface area contributed by atoms with Crippen molar-refractivity contribution in [2.75, 3.05) is 0 Å². The van der Waals surface area contributed by atoms with Gasteiger partial charge in [0.15, 0.2) is 23.2 Å². The molecule has 1 heterocycles. The van der Waals surface area contributed by atoms with Crippen LogP contribution < -0.4 is 4.74 Å². The van der Waals surface area contributed by atoms with Gasteiger partial charge >= 0.3 is 0 Å². The van der Waals surface area contributed by atoms with E-state index in [2.05, 4.69) is 21.6 Å². The number of benzene rings is 2. The van der Waals surface area contributed by atoms with Crippen LogP contribution in [0.2, 0.25) is 0 Å². The number of rotatable bonds is 8. The average Bonchev–Trinajstić information content (AvgIpc) is 2.75. The average molecular weight is 428 g/mol. The molecule has 0 unspecified atom stereocenters. The topological polar surface area (TPSA) is 35.0 Å². The molecule has 31 heavy (non-hydrogen) atoms. The van der Waals surface area contributed by atoms with Gasteiger partial charge in [-0.05, 0) is 35.2 Å². The number of allylic oxidation sites excluding steroid dienone is 1. The maximum absolute atomic E-state index is 14.0. The lowest BCUT2D eigenvalue weighted by atomic mass is 10.1. The van der Waals surface area contributed by atoms with Crippen molar-refractivity contribution in [3.63, 3.8) is 0 Å². The van der Waals surface area contributed by atoms with Crippen LogP contribution in [0, 0.1) is 11.6 Å². The molecule has 7 heteroatoms. The first-order valence-corrected chi connectivity index (χ1v) is 9.66. The predicted molar refractivity (Wildman–Crippen MR) is 113 cm³/mol. The van der Waals surface area contributed by atoms with Gasteiger partial charge in [0.25, 0.3) is 6.43 Å². The summed E-state index contributed by atoms with van der Waals surface area (Å²) < 4.78 is 56.8. The fourth-order valence-corrected chi connectivity index (χ4v) is 2.81. The maximum Gasteiger partial charge on any atom is 0.260 e. The third-order valence-electron chi connectivity index (χ3n) is 4.31. The molecule has 0 bridgehead atoms. The van der Waals surface area contributed by atoms with E-state index in [4.69, 9.17) is 0 Å². The Labute approximate surface area is 177 Å². The number of nitrogens with zero attached hydrogens (tertiary/aromatic N) is 2. The van der Waals surface area contributed by atoms with Gasteiger partial charge in [-0.1, -0.05) is 49.8 Å². The predicted octanol–water partition coefficient (Wildman–Crippen LogP) is 6.70. The number of aryl methyl sites for hydroxylation is 1. The molecule has 0 fully saturated rings. The third kappa shape index (κ3) is 6.25. The molecular weight excluding hydrogens is 408 g/mol. The first-order valence-electron chi connectivity index (χ1n) is 9.66. The molecule has 3 rings (SSSR count). The van der Waals surface area contributed by atoms with Crippen LogP contribution in [0.25, 0.3) is 23.5 Å². The minimum atomic E-state index is -2.77. The quantitative estimate of drug-likeness (QED) is 0.227. The molecule has 0 saturated heterocycles. The van der Waals surface area contributed by atoms with Crippen molar-refractivity contribution in [3.05, 3.63) is 89.5 Å². The largest absolute Gasteiger partial charge is 0.459 e. The SMILES string of the molecule is CCCc1cnc(-c2ccc(/C=C/c3cc(F)c(O/C=C/C(F)F)c(F)c3)cc2)nc1. The number of hydrogen-bond donors (Lipinski definition) is 0. The van der Waals surface area contributed by atoms with Crippen molar-refractivity contribution in [2.24, 2.45) is 0 Å². The lowest BCUT2D eigenvalue weighted by Gasteiger charge is -2.05. The molecule has 0 aliphatic rings. The Balaban J connectivity index is 1.70. The summed E-state index contributed by atoms with van der Waals surface area (Å²) in [5, 5.41) is 0. The van der Waals surface area contributed by atoms with E-state index in [0.29, 0.717) is 18.2 Å². The van der Waals surface area contributed by atoms with Crippen molar-refractivity contribution < 1.29 is 22.3 Å². The molecule has 0 atom stereocenters. The number of halogens is 4. The second-order valence-electron chi connectivity index (χ2n) is 6.71. The van der Waals surface area contributed by atoms with E-state index in [1.54, 1.807) is 6.08 Å². The highest BCUT2D eigenvalue weighted by atomic mass is 19.3. The fraction of sp³-hybridized carbons (Fsp3) is 0.167. The van der Waals surface area contributed by atoms with Gasteiger partial charge in [0.2, 0.25) is 0 Å². The van der Waals surface area contributed by atoms with E-state index in [-0.39, 0.29) is 5.56 Å². The Morgan fingerprint density at radius 2 is 1.55 bits per heavy atom. The first kappa shape index (κ1) is 22.2. The Bertz CT molecular complexity index is 1040. The van der Waals surface area contributed by atoms with Gasteiger partial charge < -0.3 is 4.74 Å². The minimum absolute atomic E-state index is 0.263. The summed E-state index contributed by atoms with van der Waals surface area (Å²) in [6.07, 6.45) is 7.01. The smallest absolute Gasteiger partial charge is 0.260 e. The van der Waals surface area contributed by atoms with Crippen molar-refractivity contribution in [3.8, 4) is 17.1 Å². The third-order valence-corrected chi connectivity index (χ3v) is 4.31. The van der Waals surface area contributed by atoms with Crippen molar-refractivity contribution in [1.82, 2.24) is 9.97 Å². The highest BCUT2D eigenvalue weighted by Gasteiger charge is 2.11. The lowest BCUT2D eigenvalue weighted by Crippen LogP contribution is -1.94. The molecule has 0 radical (unpaired) electrons. The molecule has 160 valence electrons. The van der Waals surface area contributed by atoms with Crippen molar-refractivity contribution in [1.29, 1.82) is 0 Å². The van der Waals surface area contributed by atoms with Gasteiger partial charge in [0, 0.05) is 24.0 Å². The number of aromatic nitrogens is 2. The van der Waals surface area contributed by atoms with Gasteiger partial charge in [-0.25, -0.2) is 27.5 Å². The Kier molecular flexibility index (Phi) is 7.54. The molecule has 0 N–H and O–H groups in total. The summed E-state index contributed by atoms with van der Waals surface area (Å²) in [5.41, 5.74) is 3.02. The standard InChI is InChI=1S/C24H20F4N2O/c1-2-3-18-14-29-24(30-15-18)19-8-6-16(7-9-19)4-5-17-12-20(25)23(21(26)13-17)31-11-10-22(27)28/h4-15,22H,2-3H2,1H3/b5-4+,11-10+. The molecule has 1 aromatic heterocycles. The van der Waals surface area contributed by atoms with Crippen molar-refractivity contribution >= 4 is 12.2 Å². The second-order valence-corrected chi connectivity index (χ2v) is 6.71. The minimum Gasteiger partial charge on any atom is -0.459 e. The van der Waals surface area contributed by atoms with Crippen molar-refractivity contribution in [2.45, 2.75) is 26.2 Å². The summed E-state index contributed by atoms with van der Waals surface area (Å²) in [7, 11) is 0. The molecule has 0 amide bonds. The molecule has 0 saturated carbocycles. The highest BCUT2D eigenvalue weighted by Crippen LogP contribution is 2.25. The zero-order valence-corrected chi connectivity index (χ0v) is 16.7. The van der Waals surface area contributed by atoms with Crippen LogP contribution in [0.1, 0.15) is 30.0 Å². The highest BCUT2D eigenvalue weighted by molar-refractivity contribution is 5.71. The summed E-state index contributed by atoms with van der Waals surface area (Å²) >= 11 is 0. The summed E-state index contributed by atoms with van der Waals surface area (Å²) in [5.74, 6) is -2.09. The second kappa shape index (κ2) is 10.5. The van der Waals surface area contributed by atoms with E-state index in [0.717, 1.165) is 41.7 Å². The monoisotopic (exact) mass is 428 g/mol. The van der Waals surface area contributed by atoms with Crippen LogP contribution in [-0.2, 0) is 6.42 Å². The molecule has 2 aromatic carbocycles. The van der Waals surface area contributed by atoms with Gasteiger partial charge in [-0.2, -0.15) is 0 Å². The zero-order chi connectivity index (χ0) is 22.2. The van der Waals surface area contributed by atoms with Gasteiger partial charge in [-0.15, -0.1) is 0 Å². The van der Waals surface area contributed by atoms with Crippen LogP contribution in [0.15, 0.2) is 61.1 Å². The molecule has 0 aliphatic heterocycles. The first-order chi connectivity index (χ1) is 15.0. The summed E-state index contributed by atoms with van der Waals surface area (Å²) in [6, 6.07) is 9.53.